The second-order valence-corrected chi connectivity index (χ2v) is 4.84. The van der Waals surface area contributed by atoms with Crippen molar-refractivity contribution in [2.45, 2.75) is 44.9 Å². The highest BCUT2D eigenvalue weighted by Gasteiger charge is 2.12. The van der Waals surface area contributed by atoms with Gasteiger partial charge in [0.2, 0.25) is 0 Å². The zero-order valence-corrected chi connectivity index (χ0v) is 10.2. The Morgan fingerprint density at radius 1 is 1.19 bits per heavy atom. The summed E-state index contributed by atoms with van der Waals surface area (Å²) in [6.45, 7) is 0. The van der Waals surface area contributed by atoms with Crippen LogP contribution in [0.2, 0.25) is 5.02 Å². The van der Waals surface area contributed by atoms with Crippen LogP contribution in [0, 0.1) is 11.3 Å². The molecule has 0 saturated heterocycles. The molecule has 1 aromatic rings. The summed E-state index contributed by atoms with van der Waals surface area (Å²) in [5.41, 5.74) is 4.13. The first kappa shape index (κ1) is 11.5. The van der Waals surface area contributed by atoms with Crippen molar-refractivity contribution < 1.29 is 0 Å². The van der Waals surface area contributed by atoms with Gasteiger partial charge in [0.25, 0.3) is 0 Å². The third kappa shape index (κ3) is 2.57. The molecular weight excluding hydrogens is 218 g/mol. The summed E-state index contributed by atoms with van der Waals surface area (Å²) in [6.07, 6.45) is 7.41. The van der Waals surface area contributed by atoms with Gasteiger partial charge in [0.1, 0.15) is 0 Å². The van der Waals surface area contributed by atoms with E-state index >= 15 is 0 Å². The van der Waals surface area contributed by atoms with Crippen LogP contribution in [0.1, 0.15) is 42.4 Å². The van der Waals surface area contributed by atoms with Crippen LogP contribution >= 0.6 is 11.6 Å². The molecule has 1 aromatic carbocycles. The van der Waals surface area contributed by atoms with Crippen molar-refractivity contribution in [2.75, 3.05) is 0 Å². The molecule has 1 aliphatic rings. The fourth-order valence-corrected chi connectivity index (χ4v) is 2.64. The lowest BCUT2D eigenvalue weighted by Crippen LogP contribution is -2.04. The van der Waals surface area contributed by atoms with E-state index in [4.69, 9.17) is 16.9 Å². The smallest absolute Gasteiger partial charge is 0.0621 e. The number of halogens is 1. The molecule has 0 fully saturated rings. The van der Waals surface area contributed by atoms with Crippen molar-refractivity contribution in [1.29, 1.82) is 5.26 Å². The lowest BCUT2D eigenvalue weighted by atomic mass is 9.89. The first-order valence-electron chi connectivity index (χ1n) is 5.98. The van der Waals surface area contributed by atoms with E-state index in [1.165, 1.54) is 42.4 Å². The molecule has 1 nitrogen and oxygen atoms in total. The van der Waals surface area contributed by atoms with Gasteiger partial charge in [-0.25, -0.2) is 0 Å². The maximum absolute atomic E-state index is 8.52. The highest BCUT2D eigenvalue weighted by Crippen LogP contribution is 2.28. The predicted molar refractivity (Wildman–Crippen MR) is 66.6 cm³/mol. The molecule has 0 bridgehead atoms. The van der Waals surface area contributed by atoms with E-state index in [0.29, 0.717) is 6.42 Å². The lowest BCUT2D eigenvalue weighted by molar-refractivity contribution is 0.683. The van der Waals surface area contributed by atoms with Gasteiger partial charge >= 0.3 is 0 Å². The molecule has 0 N–H and O–H groups in total. The second-order valence-electron chi connectivity index (χ2n) is 4.43. The SMILES string of the molecule is N#CCCCc1cc2c(cc1Cl)CCCC2. The summed E-state index contributed by atoms with van der Waals surface area (Å²) in [6, 6.07) is 6.57. The van der Waals surface area contributed by atoms with Crippen molar-refractivity contribution in [1.82, 2.24) is 0 Å². The van der Waals surface area contributed by atoms with Gasteiger partial charge in [-0.3, -0.25) is 0 Å². The fourth-order valence-electron chi connectivity index (χ4n) is 2.36. The molecule has 0 radical (unpaired) electrons. The third-order valence-electron chi connectivity index (χ3n) is 3.25. The molecule has 16 heavy (non-hydrogen) atoms. The first-order chi connectivity index (χ1) is 7.81. The predicted octanol–water partition coefficient (Wildman–Crippen LogP) is 4.07. The standard InChI is InChI=1S/C14H16ClN/c15-14-10-12-6-2-1-5-11(12)9-13(14)7-3-4-8-16/h9-10H,1-7H2. The van der Waals surface area contributed by atoms with Crippen LogP contribution in [0.25, 0.3) is 0 Å². The zero-order chi connectivity index (χ0) is 11.4. The molecule has 0 unspecified atom stereocenters. The normalized spacial score (nSPS) is 14.2. The number of benzene rings is 1. The van der Waals surface area contributed by atoms with Gasteiger partial charge in [-0.2, -0.15) is 5.26 Å². The van der Waals surface area contributed by atoms with Crippen LogP contribution in [0.15, 0.2) is 12.1 Å². The molecule has 0 heterocycles. The number of nitriles is 1. The quantitative estimate of drug-likeness (QED) is 0.723. The van der Waals surface area contributed by atoms with Gasteiger partial charge in [-0.05, 0) is 61.3 Å². The summed E-state index contributed by atoms with van der Waals surface area (Å²) in [4.78, 5) is 0. The number of hydrogen-bond acceptors (Lipinski definition) is 1. The van der Waals surface area contributed by atoms with Gasteiger partial charge in [-0.15, -0.1) is 0 Å². The van der Waals surface area contributed by atoms with Gasteiger partial charge < -0.3 is 0 Å². The summed E-state index contributed by atoms with van der Waals surface area (Å²) >= 11 is 6.26. The van der Waals surface area contributed by atoms with E-state index in [9.17, 15) is 0 Å². The number of rotatable bonds is 3. The van der Waals surface area contributed by atoms with Crippen LogP contribution in [-0.4, -0.2) is 0 Å². The molecule has 0 saturated carbocycles. The van der Waals surface area contributed by atoms with Crippen LogP contribution < -0.4 is 0 Å². The highest BCUT2D eigenvalue weighted by molar-refractivity contribution is 6.31. The largest absolute Gasteiger partial charge is 0.198 e. The Hall–Kier alpha value is -1.00. The lowest BCUT2D eigenvalue weighted by Gasteiger charge is -2.17. The van der Waals surface area contributed by atoms with E-state index in [1.807, 2.05) is 0 Å². The minimum Gasteiger partial charge on any atom is -0.198 e. The van der Waals surface area contributed by atoms with Crippen molar-refractivity contribution in [3.8, 4) is 6.07 Å². The second kappa shape index (κ2) is 5.37. The van der Waals surface area contributed by atoms with Crippen molar-refractivity contribution >= 4 is 11.6 Å². The van der Waals surface area contributed by atoms with Gasteiger partial charge in [0.05, 0.1) is 6.07 Å². The molecule has 1 aliphatic carbocycles. The zero-order valence-electron chi connectivity index (χ0n) is 9.43. The Balaban J connectivity index is 2.16. The highest BCUT2D eigenvalue weighted by atomic mass is 35.5. The van der Waals surface area contributed by atoms with Gasteiger partial charge in [0, 0.05) is 11.4 Å². The number of unbranched alkanes of at least 4 members (excludes halogenated alkanes) is 1. The molecule has 2 rings (SSSR count). The fraction of sp³-hybridized carbons (Fsp3) is 0.500. The van der Waals surface area contributed by atoms with Crippen LogP contribution in [-0.2, 0) is 19.3 Å². The van der Waals surface area contributed by atoms with Gasteiger partial charge in [-0.1, -0.05) is 17.7 Å². The van der Waals surface area contributed by atoms with E-state index in [2.05, 4.69) is 18.2 Å². The number of nitrogens with zero attached hydrogens (tertiary/aromatic N) is 1. The van der Waals surface area contributed by atoms with Crippen molar-refractivity contribution in [3.05, 3.63) is 33.8 Å². The van der Waals surface area contributed by atoms with Gasteiger partial charge in [0.15, 0.2) is 0 Å². The average Bonchev–Trinajstić information content (AvgIpc) is 2.30. The maximum atomic E-state index is 8.52. The Morgan fingerprint density at radius 3 is 2.56 bits per heavy atom. The van der Waals surface area contributed by atoms with Crippen LogP contribution in [0.5, 0.6) is 0 Å². The maximum Gasteiger partial charge on any atom is 0.0621 e. The Labute approximate surface area is 102 Å². The number of hydrogen-bond donors (Lipinski definition) is 0. The van der Waals surface area contributed by atoms with E-state index in [-0.39, 0.29) is 0 Å². The Morgan fingerprint density at radius 2 is 1.88 bits per heavy atom. The Bertz CT molecular complexity index is 417. The average molecular weight is 234 g/mol. The summed E-state index contributed by atoms with van der Waals surface area (Å²) < 4.78 is 0. The minimum absolute atomic E-state index is 0.618. The van der Waals surface area contributed by atoms with E-state index < -0.39 is 0 Å². The summed E-state index contributed by atoms with van der Waals surface area (Å²) in [7, 11) is 0. The Kier molecular flexibility index (Phi) is 3.85. The minimum atomic E-state index is 0.618. The van der Waals surface area contributed by atoms with E-state index in [0.717, 1.165) is 17.9 Å². The van der Waals surface area contributed by atoms with Crippen molar-refractivity contribution in [2.24, 2.45) is 0 Å². The summed E-state index contributed by atoms with van der Waals surface area (Å²) in [5.74, 6) is 0. The third-order valence-corrected chi connectivity index (χ3v) is 3.60. The first-order valence-corrected chi connectivity index (χ1v) is 6.36. The van der Waals surface area contributed by atoms with E-state index in [1.54, 1.807) is 0 Å². The molecule has 2 heteroatoms. The molecule has 0 spiro atoms. The molecule has 0 atom stereocenters. The molecule has 0 aliphatic heterocycles. The molecular formula is C14H16ClN. The van der Waals surface area contributed by atoms with Crippen LogP contribution in [0.4, 0.5) is 0 Å². The monoisotopic (exact) mass is 233 g/mol. The number of fused-ring (bicyclic) bond motifs is 1. The summed E-state index contributed by atoms with van der Waals surface area (Å²) in [5, 5.41) is 9.41. The number of aryl methyl sites for hydroxylation is 3. The molecule has 0 amide bonds. The van der Waals surface area contributed by atoms with Crippen molar-refractivity contribution in [3.63, 3.8) is 0 Å². The molecule has 84 valence electrons. The topological polar surface area (TPSA) is 23.8 Å². The van der Waals surface area contributed by atoms with Crippen LogP contribution in [0.3, 0.4) is 0 Å². The molecule has 0 aromatic heterocycles.